The van der Waals surface area contributed by atoms with Gasteiger partial charge in [-0.15, -0.1) is 12.4 Å². The van der Waals surface area contributed by atoms with Crippen molar-refractivity contribution in [3.8, 4) is 11.3 Å². The van der Waals surface area contributed by atoms with Gasteiger partial charge in [-0.3, -0.25) is 4.79 Å². The van der Waals surface area contributed by atoms with Crippen molar-refractivity contribution in [3.63, 3.8) is 0 Å². The molecular formula is C15H16ClN5O. The summed E-state index contributed by atoms with van der Waals surface area (Å²) in [5.41, 5.74) is 4.71. The first-order chi connectivity index (χ1) is 10.3. The van der Waals surface area contributed by atoms with Gasteiger partial charge in [0.15, 0.2) is 0 Å². The lowest BCUT2D eigenvalue weighted by Gasteiger charge is -2.04. The monoisotopic (exact) mass is 317 g/mol. The third-order valence-electron chi connectivity index (χ3n) is 4.15. The molecule has 3 aromatic rings. The second-order valence-electron chi connectivity index (χ2n) is 5.37. The van der Waals surface area contributed by atoms with Crippen LogP contribution in [0.1, 0.15) is 11.1 Å². The standard InChI is InChI=1S/C15H15N5O.ClH/c1-16-12-5-9-2-3-10(4-11(9)6-12)13-7-17-14-15(21)18-8-19-20(13)14;/h2-4,7-8,12,16H,5-6H2,1H3,(H,18,19,21);1H. The summed E-state index contributed by atoms with van der Waals surface area (Å²) < 4.78 is 1.59. The number of H-pyrrole nitrogens is 1. The highest BCUT2D eigenvalue weighted by Gasteiger charge is 2.21. The zero-order valence-corrected chi connectivity index (χ0v) is 12.9. The zero-order chi connectivity index (χ0) is 14.4. The summed E-state index contributed by atoms with van der Waals surface area (Å²) in [4.78, 5) is 18.4. The summed E-state index contributed by atoms with van der Waals surface area (Å²) in [6.45, 7) is 0. The van der Waals surface area contributed by atoms with Crippen molar-refractivity contribution in [1.82, 2.24) is 24.9 Å². The Morgan fingerprint density at radius 1 is 1.32 bits per heavy atom. The first-order valence-electron chi connectivity index (χ1n) is 6.97. The molecule has 0 aliphatic heterocycles. The predicted molar refractivity (Wildman–Crippen MR) is 86.5 cm³/mol. The third kappa shape index (κ3) is 2.20. The lowest BCUT2D eigenvalue weighted by molar-refractivity contribution is 0.593. The molecule has 0 fully saturated rings. The van der Waals surface area contributed by atoms with Crippen LogP contribution >= 0.6 is 12.4 Å². The summed E-state index contributed by atoms with van der Waals surface area (Å²) in [6, 6.07) is 6.93. The molecule has 7 heteroatoms. The molecule has 2 heterocycles. The number of nitrogens with zero attached hydrogens (tertiary/aromatic N) is 3. The van der Waals surface area contributed by atoms with Gasteiger partial charge in [0.2, 0.25) is 5.65 Å². The molecule has 4 rings (SSSR count). The van der Waals surface area contributed by atoms with E-state index in [2.05, 4.69) is 38.6 Å². The van der Waals surface area contributed by atoms with E-state index in [9.17, 15) is 4.79 Å². The second-order valence-corrected chi connectivity index (χ2v) is 5.37. The highest BCUT2D eigenvalue weighted by atomic mass is 35.5. The number of halogens is 1. The average Bonchev–Trinajstić information content (AvgIpc) is 3.10. The van der Waals surface area contributed by atoms with Crippen molar-refractivity contribution in [3.05, 3.63) is 52.2 Å². The number of fused-ring (bicyclic) bond motifs is 2. The highest BCUT2D eigenvalue weighted by Crippen LogP contribution is 2.28. The Morgan fingerprint density at radius 3 is 2.95 bits per heavy atom. The Hall–Kier alpha value is -2.18. The molecule has 0 saturated heterocycles. The Morgan fingerprint density at radius 2 is 2.14 bits per heavy atom. The van der Waals surface area contributed by atoms with Gasteiger partial charge in [0, 0.05) is 11.6 Å². The molecular weight excluding hydrogens is 302 g/mol. The Bertz CT molecular complexity index is 885. The van der Waals surface area contributed by atoms with Gasteiger partial charge < -0.3 is 10.3 Å². The molecule has 22 heavy (non-hydrogen) atoms. The van der Waals surface area contributed by atoms with Crippen LogP contribution in [-0.2, 0) is 12.8 Å². The first kappa shape index (κ1) is 14.7. The van der Waals surface area contributed by atoms with Crippen LogP contribution in [0.4, 0.5) is 0 Å². The molecule has 1 aromatic carbocycles. The van der Waals surface area contributed by atoms with E-state index in [0.717, 1.165) is 24.1 Å². The number of aromatic nitrogens is 4. The topological polar surface area (TPSA) is 75.1 Å². The van der Waals surface area contributed by atoms with Crippen LogP contribution in [0, 0.1) is 0 Å². The summed E-state index contributed by atoms with van der Waals surface area (Å²) >= 11 is 0. The maximum atomic E-state index is 11.7. The Kier molecular flexibility index (Phi) is 3.72. The van der Waals surface area contributed by atoms with Crippen LogP contribution in [0.15, 0.2) is 35.5 Å². The number of benzene rings is 1. The normalized spacial score (nSPS) is 16.5. The van der Waals surface area contributed by atoms with Crippen LogP contribution in [0.2, 0.25) is 0 Å². The number of aromatic amines is 1. The van der Waals surface area contributed by atoms with E-state index < -0.39 is 0 Å². The molecule has 6 nitrogen and oxygen atoms in total. The van der Waals surface area contributed by atoms with Gasteiger partial charge >= 0.3 is 0 Å². The summed E-state index contributed by atoms with van der Waals surface area (Å²) in [7, 11) is 2.00. The van der Waals surface area contributed by atoms with Gasteiger partial charge in [-0.1, -0.05) is 12.1 Å². The van der Waals surface area contributed by atoms with Crippen molar-refractivity contribution in [2.24, 2.45) is 0 Å². The van der Waals surface area contributed by atoms with Crippen molar-refractivity contribution in [1.29, 1.82) is 0 Å². The molecule has 0 amide bonds. The molecule has 0 radical (unpaired) electrons. The highest BCUT2D eigenvalue weighted by molar-refractivity contribution is 5.85. The Balaban J connectivity index is 0.00000144. The molecule has 2 N–H and O–H groups in total. The van der Waals surface area contributed by atoms with E-state index in [0.29, 0.717) is 11.7 Å². The van der Waals surface area contributed by atoms with Gasteiger partial charge in [-0.25, -0.2) is 9.50 Å². The number of likely N-dealkylation sites (N-methyl/N-ethyl adjacent to an activating group) is 1. The SMILES string of the molecule is CNC1Cc2ccc(-c3cnc4c(=O)[nH]cnn34)cc2C1.Cl. The molecule has 1 atom stereocenters. The summed E-state index contributed by atoms with van der Waals surface area (Å²) in [5, 5.41) is 7.52. The molecule has 114 valence electrons. The lowest BCUT2D eigenvalue weighted by atomic mass is 10.0. The number of rotatable bonds is 2. The number of hydrogen-bond acceptors (Lipinski definition) is 4. The third-order valence-corrected chi connectivity index (χ3v) is 4.15. The smallest absolute Gasteiger partial charge is 0.294 e. The van der Waals surface area contributed by atoms with Crippen LogP contribution in [0.3, 0.4) is 0 Å². The largest absolute Gasteiger partial charge is 0.316 e. The molecule has 1 aliphatic rings. The van der Waals surface area contributed by atoms with Crippen molar-refractivity contribution >= 4 is 18.1 Å². The van der Waals surface area contributed by atoms with E-state index in [1.165, 1.54) is 17.5 Å². The quantitative estimate of drug-likeness (QED) is 0.744. The van der Waals surface area contributed by atoms with E-state index in [1.54, 1.807) is 10.7 Å². The van der Waals surface area contributed by atoms with Crippen LogP contribution in [0.5, 0.6) is 0 Å². The van der Waals surface area contributed by atoms with Gasteiger partial charge in [-0.05, 0) is 37.1 Å². The molecule has 0 saturated carbocycles. The minimum absolute atomic E-state index is 0. The molecule has 2 aromatic heterocycles. The summed E-state index contributed by atoms with van der Waals surface area (Å²) in [6.07, 6.45) is 5.19. The maximum absolute atomic E-state index is 11.7. The van der Waals surface area contributed by atoms with Crippen LogP contribution < -0.4 is 10.9 Å². The minimum Gasteiger partial charge on any atom is -0.316 e. The van der Waals surface area contributed by atoms with E-state index >= 15 is 0 Å². The molecule has 1 unspecified atom stereocenters. The van der Waals surface area contributed by atoms with E-state index in [1.807, 2.05) is 7.05 Å². The van der Waals surface area contributed by atoms with Gasteiger partial charge in [-0.2, -0.15) is 5.10 Å². The lowest BCUT2D eigenvalue weighted by Crippen LogP contribution is -2.24. The number of imidazole rings is 1. The minimum atomic E-state index is -0.229. The van der Waals surface area contributed by atoms with Crippen molar-refractivity contribution in [2.75, 3.05) is 7.05 Å². The Labute approximate surface area is 133 Å². The van der Waals surface area contributed by atoms with Gasteiger partial charge in [0.05, 0.1) is 11.9 Å². The second kappa shape index (κ2) is 5.55. The average molecular weight is 318 g/mol. The predicted octanol–water partition coefficient (Wildman–Crippen LogP) is 1.19. The first-order valence-corrected chi connectivity index (χ1v) is 6.97. The van der Waals surface area contributed by atoms with Gasteiger partial charge in [0.25, 0.3) is 5.56 Å². The zero-order valence-electron chi connectivity index (χ0n) is 12.0. The summed E-state index contributed by atoms with van der Waals surface area (Å²) in [5.74, 6) is 0. The molecule has 0 spiro atoms. The van der Waals surface area contributed by atoms with Gasteiger partial charge in [0.1, 0.15) is 6.33 Å². The fraction of sp³-hybridized carbons (Fsp3) is 0.267. The fourth-order valence-corrected chi connectivity index (χ4v) is 3.01. The van der Waals surface area contributed by atoms with E-state index in [-0.39, 0.29) is 18.0 Å². The number of nitrogens with one attached hydrogen (secondary N) is 2. The maximum Gasteiger partial charge on any atom is 0.294 e. The van der Waals surface area contributed by atoms with Crippen LogP contribution in [0.25, 0.3) is 16.9 Å². The molecule has 0 bridgehead atoms. The molecule has 1 aliphatic carbocycles. The van der Waals surface area contributed by atoms with Crippen molar-refractivity contribution in [2.45, 2.75) is 18.9 Å². The van der Waals surface area contributed by atoms with Crippen LogP contribution in [-0.4, -0.2) is 32.7 Å². The fourth-order valence-electron chi connectivity index (χ4n) is 3.01. The number of hydrogen-bond donors (Lipinski definition) is 2. The van der Waals surface area contributed by atoms with E-state index in [4.69, 9.17) is 0 Å². The van der Waals surface area contributed by atoms with Crippen molar-refractivity contribution < 1.29 is 0 Å².